The molecule has 1 aromatic heterocycles. The van der Waals surface area contributed by atoms with Gasteiger partial charge in [0.25, 0.3) is 0 Å². The zero-order valence-corrected chi connectivity index (χ0v) is 18.3. The van der Waals surface area contributed by atoms with Gasteiger partial charge in [-0.05, 0) is 43.0 Å². The quantitative estimate of drug-likeness (QED) is 0.800. The number of para-hydroxylation sites is 1. The van der Waals surface area contributed by atoms with Gasteiger partial charge in [-0.2, -0.15) is 0 Å². The number of ether oxygens (including phenoxy) is 1. The molecule has 1 saturated heterocycles. The number of hydrogen-bond acceptors (Lipinski definition) is 5. The Morgan fingerprint density at radius 2 is 1.75 bits per heavy atom. The van der Waals surface area contributed by atoms with Gasteiger partial charge < -0.3 is 19.9 Å². The molecule has 7 heteroatoms. The minimum absolute atomic E-state index is 0.0727. The highest BCUT2D eigenvalue weighted by Gasteiger charge is 2.39. The zero-order valence-electron chi connectivity index (χ0n) is 18.3. The van der Waals surface area contributed by atoms with Crippen LogP contribution in [0.4, 0.5) is 17.2 Å². The van der Waals surface area contributed by atoms with E-state index in [9.17, 15) is 9.59 Å². The minimum Gasteiger partial charge on any atom is -0.378 e. The molecule has 2 atom stereocenters. The van der Waals surface area contributed by atoms with Crippen LogP contribution in [0.15, 0.2) is 42.6 Å². The van der Waals surface area contributed by atoms with Crippen molar-refractivity contribution in [3.05, 3.63) is 48.2 Å². The first-order valence-electron chi connectivity index (χ1n) is 11.7. The standard InChI is InChI=1S/C25H30N4O3/c30-24(27-19-9-10-23(26-17-19)28-13-15-32-16-14-28)20-6-2-3-7-21(20)25(31)29-12-11-18-5-1-4-8-22(18)29/h1,4-5,8-10,17,20-21H,2-3,6-7,11-16H2,(H,27,30). The topological polar surface area (TPSA) is 74.8 Å². The first kappa shape index (κ1) is 20.9. The summed E-state index contributed by atoms with van der Waals surface area (Å²) in [4.78, 5) is 35.3. The second-order valence-corrected chi connectivity index (χ2v) is 8.86. The van der Waals surface area contributed by atoms with Crippen molar-refractivity contribution in [3.8, 4) is 0 Å². The maximum absolute atomic E-state index is 13.5. The lowest BCUT2D eigenvalue weighted by Crippen LogP contribution is -2.43. The summed E-state index contributed by atoms with van der Waals surface area (Å²) >= 11 is 0. The molecule has 0 spiro atoms. The Balaban J connectivity index is 1.26. The largest absolute Gasteiger partial charge is 0.378 e. The van der Waals surface area contributed by atoms with Gasteiger partial charge >= 0.3 is 0 Å². The highest BCUT2D eigenvalue weighted by Crippen LogP contribution is 2.36. The van der Waals surface area contributed by atoms with E-state index in [2.05, 4.69) is 21.3 Å². The second-order valence-electron chi connectivity index (χ2n) is 8.86. The summed E-state index contributed by atoms with van der Waals surface area (Å²) in [5.41, 5.74) is 2.89. The van der Waals surface area contributed by atoms with Gasteiger partial charge in [0, 0.05) is 31.2 Å². The highest BCUT2D eigenvalue weighted by atomic mass is 16.5. The number of amides is 2. The number of fused-ring (bicyclic) bond motifs is 1. The molecule has 3 aliphatic rings. The number of benzene rings is 1. The summed E-state index contributed by atoms with van der Waals surface area (Å²) in [5, 5.41) is 3.02. The highest BCUT2D eigenvalue weighted by molar-refractivity contribution is 6.02. The molecule has 1 N–H and O–H groups in total. The average Bonchev–Trinajstić information content (AvgIpc) is 3.29. The smallest absolute Gasteiger partial charge is 0.230 e. The summed E-state index contributed by atoms with van der Waals surface area (Å²) in [5.74, 6) is 0.343. The molecule has 5 rings (SSSR count). The molecule has 2 fully saturated rings. The van der Waals surface area contributed by atoms with Crippen LogP contribution >= 0.6 is 0 Å². The van der Waals surface area contributed by atoms with Gasteiger partial charge in [0.15, 0.2) is 0 Å². The van der Waals surface area contributed by atoms with Crippen LogP contribution in [-0.4, -0.2) is 49.6 Å². The fourth-order valence-corrected chi connectivity index (χ4v) is 5.18. The van der Waals surface area contributed by atoms with E-state index in [4.69, 9.17) is 4.74 Å². The van der Waals surface area contributed by atoms with E-state index in [0.717, 1.165) is 56.7 Å². The first-order valence-corrected chi connectivity index (χ1v) is 11.7. The number of anilines is 3. The molecular weight excluding hydrogens is 404 g/mol. The Labute approximate surface area is 188 Å². The molecule has 168 valence electrons. The third-order valence-corrected chi connectivity index (χ3v) is 6.92. The van der Waals surface area contributed by atoms with Crippen molar-refractivity contribution >= 4 is 29.0 Å². The van der Waals surface area contributed by atoms with E-state index < -0.39 is 0 Å². The molecule has 0 bridgehead atoms. The number of carbonyl (C=O) groups is 2. The molecule has 1 aliphatic carbocycles. The third-order valence-electron chi connectivity index (χ3n) is 6.92. The van der Waals surface area contributed by atoms with Crippen molar-refractivity contribution in [2.24, 2.45) is 11.8 Å². The number of nitrogens with one attached hydrogen (secondary N) is 1. The van der Waals surface area contributed by atoms with Crippen molar-refractivity contribution in [1.82, 2.24) is 4.98 Å². The van der Waals surface area contributed by atoms with Gasteiger partial charge in [-0.15, -0.1) is 0 Å². The van der Waals surface area contributed by atoms with Crippen molar-refractivity contribution in [2.75, 3.05) is 48.0 Å². The zero-order chi connectivity index (χ0) is 21.9. The van der Waals surface area contributed by atoms with Gasteiger partial charge in [0.05, 0.1) is 31.0 Å². The maximum atomic E-state index is 13.5. The molecule has 1 saturated carbocycles. The Hall–Kier alpha value is -2.93. The van der Waals surface area contributed by atoms with Crippen molar-refractivity contribution in [3.63, 3.8) is 0 Å². The third kappa shape index (κ3) is 4.21. The first-order chi connectivity index (χ1) is 15.7. The van der Waals surface area contributed by atoms with Crippen LogP contribution in [0, 0.1) is 11.8 Å². The lowest BCUT2D eigenvalue weighted by molar-refractivity contribution is -0.132. The minimum atomic E-state index is -0.303. The van der Waals surface area contributed by atoms with Gasteiger partial charge in [0.1, 0.15) is 5.82 Å². The van der Waals surface area contributed by atoms with Crippen LogP contribution in [0.3, 0.4) is 0 Å². The predicted molar refractivity (Wildman–Crippen MR) is 124 cm³/mol. The van der Waals surface area contributed by atoms with E-state index in [-0.39, 0.29) is 23.7 Å². The number of hydrogen-bond donors (Lipinski definition) is 1. The lowest BCUT2D eigenvalue weighted by Gasteiger charge is -2.32. The van der Waals surface area contributed by atoms with Gasteiger partial charge in [0.2, 0.25) is 11.8 Å². The van der Waals surface area contributed by atoms with Crippen LogP contribution in [0.5, 0.6) is 0 Å². The van der Waals surface area contributed by atoms with Crippen molar-refractivity contribution < 1.29 is 14.3 Å². The second kappa shape index (κ2) is 9.28. The van der Waals surface area contributed by atoms with Crippen LogP contribution in [-0.2, 0) is 20.7 Å². The summed E-state index contributed by atoms with van der Waals surface area (Å²) < 4.78 is 5.39. The van der Waals surface area contributed by atoms with E-state index in [0.29, 0.717) is 25.4 Å². The van der Waals surface area contributed by atoms with E-state index >= 15 is 0 Å². The molecule has 3 heterocycles. The number of aromatic nitrogens is 1. The normalized spacial score (nSPS) is 23.0. The summed E-state index contributed by atoms with van der Waals surface area (Å²) in [6.07, 6.45) is 6.07. The monoisotopic (exact) mass is 434 g/mol. The fourth-order valence-electron chi connectivity index (χ4n) is 5.18. The molecular formula is C25H30N4O3. The van der Waals surface area contributed by atoms with Gasteiger partial charge in [-0.1, -0.05) is 31.0 Å². The average molecular weight is 435 g/mol. The molecule has 1 aromatic carbocycles. The number of nitrogens with zero attached hydrogens (tertiary/aromatic N) is 3. The van der Waals surface area contributed by atoms with E-state index in [1.807, 2.05) is 35.2 Å². The Morgan fingerprint density at radius 1 is 0.969 bits per heavy atom. The van der Waals surface area contributed by atoms with Gasteiger partial charge in [-0.25, -0.2) is 4.98 Å². The Morgan fingerprint density at radius 3 is 2.53 bits per heavy atom. The van der Waals surface area contributed by atoms with Crippen LogP contribution < -0.4 is 15.1 Å². The van der Waals surface area contributed by atoms with Crippen molar-refractivity contribution in [1.29, 1.82) is 0 Å². The van der Waals surface area contributed by atoms with Gasteiger partial charge in [-0.3, -0.25) is 9.59 Å². The molecule has 7 nitrogen and oxygen atoms in total. The number of carbonyl (C=O) groups excluding carboxylic acids is 2. The Bertz CT molecular complexity index is 971. The van der Waals surface area contributed by atoms with Crippen LogP contribution in [0.25, 0.3) is 0 Å². The predicted octanol–water partition coefficient (Wildman–Crippen LogP) is 3.25. The summed E-state index contributed by atoms with van der Waals surface area (Å²) in [6.45, 7) is 3.77. The van der Waals surface area contributed by atoms with Crippen LogP contribution in [0.2, 0.25) is 0 Å². The maximum Gasteiger partial charge on any atom is 0.230 e. The summed E-state index contributed by atoms with van der Waals surface area (Å²) in [7, 11) is 0. The summed E-state index contributed by atoms with van der Waals surface area (Å²) in [6, 6.07) is 11.9. The molecule has 2 amide bonds. The number of morpholine rings is 1. The number of rotatable bonds is 4. The molecule has 2 unspecified atom stereocenters. The fraction of sp³-hybridized carbons (Fsp3) is 0.480. The molecule has 0 radical (unpaired) electrons. The van der Waals surface area contributed by atoms with Crippen molar-refractivity contribution in [2.45, 2.75) is 32.1 Å². The Kier molecular flexibility index (Phi) is 6.08. The number of pyridine rings is 1. The molecule has 2 aromatic rings. The SMILES string of the molecule is O=C(Nc1ccc(N2CCOCC2)nc1)C1CCCCC1C(=O)N1CCc2ccccc21. The molecule has 2 aliphatic heterocycles. The van der Waals surface area contributed by atoms with E-state index in [1.165, 1.54) is 5.56 Å². The van der Waals surface area contributed by atoms with Crippen LogP contribution in [0.1, 0.15) is 31.2 Å². The lowest BCUT2D eigenvalue weighted by atomic mass is 9.77. The van der Waals surface area contributed by atoms with E-state index in [1.54, 1.807) is 6.20 Å². The molecule has 32 heavy (non-hydrogen) atoms.